The number of aromatic nitrogens is 1. The van der Waals surface area contributed by atoms with Gasteiger partial charge in [-0.25, -0.2) is 0 Å². The van der Waals surface area contributed by atoms with Gasteiger partial charge in [0.1, 0.15) is 0 Å². The number of carbonyl (C=O) groups is 1. The summed E-state index contributed by atoms with van der Waals surface area (Å²) in [7, 11) is 6.18. The highest BCUT2D eigenvalue weighted by Gasteiger charge is 2.32. The minimum atomic E-state index is -0.223. The van der Waals surface area contributed by atoms with E-state index in [9.17, 15) is 9.59 Å². The second kappa shape index (κ2) is 8.03. The molecule has 0 radical (unpaired) electrons. The molecule has 0 atom stereocenters. The lowest BCUT2D eigenvalue weighted by atomic mass is 9.90. The molecule has 1 amide bonds. The van der Waals surface area contributed by atoms with Crippen LogP contribution in [-0.4, -0.2) is 45.0 Å². The van der Waals surface area contributed by atoms with Gasteiger partial charge in [0.15, 0.2) is 23.0 Å². The summed E-state index contributed by atoms with van der Waals surface area (Å²) in [4.78, 5) is 27.3. The molecule has 0 spiro atoms. The average molecular weight is 450 g/mol. The predicted octanol–water partition coefficient (Wildman–Crippen LogP) is 3.15. The van der Waals surface area contributed by atoms with E-state index >= 15 is 0 Å². The van der Waals surface area contributed by atoms with E-state index in [-0.39, 0.29) is 17.5 Å². The lowest BCUT2D eigenvalue weighted by Gasteiger charge is -2.27. The number of aryl methyl sites for hydroxylation is 1. The third-order valence-electron chi connectivity index (χ3n) is 6.39. The van der Waals surface area contributed by atoms with Crippen LogP contribution in [0.2, 0.25) is 0 Å². The second-order valence-corrected chi connectivity index (χ2v) is 8.27. The fourth-order valence-corrected chi connectivity index (χ4v) is 4.64. The van der Waals surface area contributed by atoms with Gasteiger partial charge in [-0.15, -0.1) is 0 Å². The maximum absolute atomic E-state index is 13.8. The summed E-state index contributed by atoms with van der Waals surface area (Å²) in [6, 6.07) is 7.41. The largest absolute Gasteiger partial charge is 0.493 e. The van der Waals surface area contributed by atoms with Crippen molar-refractivity contribution in [3.63, 3.8) is 0 Å². The molecular weight excluding hydrogens is 424 g/mol. The molecule has 0 unspecified atom stereocenters. The molecule has 1 aliphatic carbocycles. The summed E-state index contributed by atoms with van der Waals surface area (Å²) in [5.74, 6) is 1.72. The quantitative estimate of drug-likeness (QED) is 0.621. The fraction of sp³-hybridized carbons (Fsp3) is 0.360. The third-order valence-corrected chi connectivity index (χ3v) is 6.39. The topological polar surface area (TPSA) is 88.0 Å². The van der Waals surface area contributed by atoms with Crippen LogP contribution in [0.3, 0.4) is 0 Å². The normalized spacial score (nSPS) is 14.3. The number of nitrogens with zero attached hydrogens (tertiary/aromatic N) is 1. The Balaban J connectivity index is 1.89. The SMILES string of the molecule is COc1cc2c(cc1OC)-c1c(C(=O)NC3CC3)c3ccc(OC)c(OC)c3c(=O)n1CC2. The van der Waals surface area contributed by atoms with Crippen LogP contribution < -0.4 is 29.8 Å². The highest BCUT2D eigenvalue weighted by molar-refractivity contribution is 6.13. The number of ether oxygens (including phenoxy) is 4. The van der Waals surface area contributed by atoms with Gasteiger partial charge in [-0.1, -0.05) is 0 Å². The summed E-state index contributed by atoms with van der Waals surface area (Å²) in [6.45, 7) is 0.427. The van der Waals surface area contributed by atoms with Gasteiger partial charge >= 0.3 is 0 Å². The maximum atomic E-state index is 13.8. The lowest BCUT2D eigenvalue weighted by molar-refractivity contribution is 0.0952. The molecule has 3 aromatic rings. The first-order valence-corrected chi connectivity index (χ1v) is 10.9. The zero-order valence-corrected chi connectivity index (χ0v) is 19.1. The van der Waals surface area contributed by atoms with Crippen molar-refractivity contribution in [2.45, 2.75) is 31.8 Å². The lowest BCUT2D eigenvalue weighted by Crippen LogP contribution is -2.33. The van der Waals surface area contributed by atoms with Crippen LogP contribution in [0.1, 0.15) is 28.8 Å². The maximum Gasteiger partial charge on any atom is 0.262 e. The van der Waals surface area contributed by atoms with E-state index in [4.69, 9.17) is 18.9 Å². The summed E-state index contributed by atoms with van der Waals surface area (Å²) in [5, 5.41) is 3.97. The molecule has 5 rings (SSSR count). The number of methoxy groups -OCH3 is 4. The molecule has 2 heterocycles. The van der Waals surface area contributed by atoms with Crippen LogP contribution in [0.25, 0.3) is 22.0 Å². The third kappa shape index (κ3) is 3.28. The highest BCUT2D eigenvalue weighted by Crippen LogP contribution is 2.43. The van der Waals surface area contributed by atoms with Gasteiger partial charge in [0.2, 0.25) is 0 Å². The number of hydrogen-bond acceptors (Lipinski definition) is 6. The smallest absolute Gasteiger partial charge is 0.262 e. The van der Waals surface area contributed by atoms with Crippen LogP contribution in [0, 0.1) is 0 Å². The Morgan fingerprint density at radius 2 is 1.67 bits per heavy atom. The van der Waals surface area contributed by atoms with Crippen LogP contribution in [0.5, 0.6) is 23.0 Å². The van der Waals surface area contributed by atoms with Gasteiger partial charge in [-0.2, -0.15) is 0 Å². The Hall–Kier alpha value is -3.68. The average Bonchev–Trinajstić information content (AvgIpc) is 3.66. The number of rotatable bonds is 6. The molecular formula is C25H26N2O6. The molecule has 0 saturated heterocycles. The number of amides is 1. The van der Waals surface area contributed by atoms with Gasteiger partial charge in [0, 0.05) is 23.5 Å². The Kier molecular flexibility index (Phi) is 5.15. The molecule has 1 fully saturated rings. The molecule has 33 heavy (non-hydrogen) atoms. The van der Waals surface area contributed by atoms with Crippen LogP contribution >= 0.6 is 0 Å². The first-order chi connectivity index (χ1) is 16.0. The molecule has 2 aliphatic rings. The van der Waals surface area contributed by atoms with E-state index in [0.29, 0.717) is 58.0 Å². The van der Waals surface area contributed by atoms with E-state index in [0.717, 1.165) is 24.0 Å². The Morgan fingerprint density at radius 1 is 0.970 bits per heavy atom. The monoisotopic (exact) mass is 450 g/mol. The van der Waals surface area contributed by atoms with Crippen molar-refractivity contribution in [1.29, 1.82) is 0 Å². The van der Waals surface area contributed by atoms with Gasteiger partial charge in [0.05, 0.1) is 45.1 Å². The molecule has 172 valence electrons. The van der Waals surface area contributed by atoms with E-state index in [1.165, 1.54) is 14.2 Å². The molecule has 1 aromatic heterocycles. The Labute approximate surface area is 191 Å². The molecule has 2 aromatic carbocycles. The number of pyridine rings is 1. The fourth-order valence-electron chi connectivity index (χ4n) is 4.64. The van der Waals surface area contributed by atoms with Gasteiger partial charge in [-0.3, -0.25) is 9.59 Å². The number of fused-ring (bicyclic) bond motifs is 4. The van der Waals surface area contributed by atoms with Gasteiger partial charge < -0.3 is 28.8 Å². The molecule has 0 bridgehead atoms. The minimum Gasteiger partial charge on any atom is -0.493 e. The van der Waals surface area contributed by atoms with Crippen molar-refractivity contribution in [1.82, 2.24) is 9.88 Å². The Bertz CT molecular complexity index is 1340. The van der Waals surface area contributed by atoms with Crippen LogP contribution in [0.4, 0.5) is 0 Å². The van der Waals surface area contributed by atoms with Crippen molar-refractivity contribution in [2.24, 2.45) is 0 Å². The van der Waals surface area contributed by atoms with Crippen molar-refractivity contribution >= 4 is 16.7 Å². The van der Waals surface area contributed by atoms with E-state index < -0.39 is 0 Å². The highest BCUT2D eigenvalue weighted by atomic mass is 16.5. The second-order valence-electron chi connectivity index (χ2n) is 8.27. The predicted molar refractivity (Wildman–Crippen MR) is 124 cm³/mol. The summed E-state index contributed by atoms with van der Waals surface area (Å²) in [6.07, 6.45) is 2.53. The van der Waals surface area contributed by atoms with Crippen molar-refractivity contribution in [2.75, 3.05) is 28.4 Å². The molecule has 8 heteroatoms. The molecule has 1 N–H and O–H groups in total. The number of carbonyl (C=O) groups excluding carboxylic acids is 1. The summed E-state index contributed by atoms with van der Waals surface area (Å²) < 4.78 is 23.7. The van der Waals surface area contributed by atoms with Gasteiger partial charge in [-0.05, 0) is 49.1 Å². The standard InChI is InChI=1S/C25H26N2O6/c1-30-17-8-7-15-20(24(28)26-14-5-6-14)22-16-12-19(32-3)18(31-2)11-13(16)9-10-27(22)25(29)21(15)23(17)33-4/h7-8,11-12,14H,5-6,9-10H2,1-4H3,(H,26,28). The zero-order valence-electron chi connectivity index (χ0n) is 19.1. The van der Waals surface area contributed by atoms with Crippen molar-refractivity contribution < 1.29 is 23.7 Å². The summed E-state index contributed by atoms with van der Waals surface area (Å²) >= 11 is 0. The first-order valence-electron chi connectivity index (χ1n) is 10.9. The minimum absolute atomic E-state index is 0.161. The van der Waals surface area contributed by atoms with E-state index in [2.05, 4.69) is 5.32 Å². The Morgan fingerprint density at radius 3 is 2.30 bits per heavy atom. The number of hydrogen-bond donors (Lipinski definition) is 1. The molecule has 1 aliphatic heterocycles. The molecule has 1 saturated carbocycles. The summed E-state index contributed by atoms with van der Waals surface area (Å²) in [5.41, 5.74) is 2.59. The van der Waals surface area contributed by atoms with Crippen LogP contribution in [-0.2, 0) is 13.0 Å². The number of nitrogens with one attached hydrogen (secondary N) is 1. The van der Waals surface area contributed by atoms with E-state index in [1.807, 2.05) is 12.1 Å². The van der Waals surface area contributed by atoms with Gasteiger partial charge in [0.25, 0.3) is 11.5 Å². The van der Waals surface area contributed by atoms with Crippen molar-refractivity contribution in [3.8, 4) is 34.3 Å². The van der Waals surface area contributed by atoms with E-state index in [1.54, 1.807) is 30.9 Å². The first kappa shape index (κ1) is 21.2. The van der Waals surface area contributed by atoms with Crippen molar-refractivity contribution in [3.05, 3.63) is 45.7 Å². The molecule has 8 nitrogen and oxygen atoms in total. The number of benzene rings is 2. The van der Waals surface area contributed by atoms with Crippen LogP contribution in [0.15, 0.2) is 29.1 Å². The zero-order chi connectivity index (χ0) is 23.3.